The fourth-order valence-corrected chi connectivity index (χ4v) is 2.43. The summed E-state index contributed by atoms with van der Waals surface area (Å²) >= 11 is 0. The van der Waals surface area contributed by atoms with Crippen molar-refractivity contribution in [3.05, 3.63) is 70.6 Å². The Bertz CT molecular complexity index is 914. The predicted molar refractivity (Wildman–Crippen MR) is 89.9 cm³/mol. The summed E-state index contributed by atoms with van der Waals surface area (Å²) in [7, 11) is 0. The monoisotopic (exact) mass is 307 g/mol. The SMILES string of the molecule is CC(C)NC(=O)c1nn(-c2ccccc2)c(=O)c2ccccc12. The minimum atomic E-state index is -0.291. The number of para-hydroxylation sites is 1. The smallest absolute Gasteiger partial charge is 0.279 e. The van der Waals surface area contributed by atoms with Gasteiger partial charge in [-0.3, -0.25) is 9.59 Å². The Labute approximate surface area is 133 Å². The number of hydrogen-bond acceptors (Lipinski definition) is 3. The van der Waals surface area contributed by atoms with Gasteiger partial charge in [0.1, 0.15) is 0 Å². The molecule has 0 aliphatic carbocycles. The lowest BCUT2D eigenvalue weighted by Crippen LogP contribution is -2.33. The molecule has 1 aromatic heterocycles. The van der Waals surface area contributed by atoms with Gasteiger partial charge in [0.2, 0.25) is 0 Å². The first-order valence-electron chi connectivity index (χ1n) is 7.46. The number of nitrogens with zero attached hydrogens (tertiary/aromatic N) is 2. The standard InChI is InChI=1S/C18H17N3O2/c1-12(2)19-17(22)16-14-10-6-7-11-15(14)18(23)21(20-16)13-8-4-3-5-9-13/h3-12H,1-2H3,(H,19,22). The molecule has 5 heteroatoms. The number of hydrogen-bond donors (Lipinski definition) is 1. The Hall–Kier alpha value is -2.95. The number of aromatic nitrogens is 2. The lowest BCUT2D eigenvalue weighted by Gasteiger charge is -2.12. The van der Waals surface area contributed by atoms with Crippen LogP contribution in [-0.2, 0) is 0 Å². The van der Waals surface area contributed by atoms with E-state index in [1.165, 1.54) is 4.68 Å². The Morgan fingerprint density at radius 3 is 2.26 bits per heavy atom. The van der Waals surface area contributed by atoms with E-state index >= 15 is 0 Å². The number of rotatable bonds is 3. The molecule has 0 saturated carbocycles. The van der Waals surface area contributed by atoms with Crippen molar-refractivity contribution < 1.29 is 4.79 Å². The molecule has 0 saturated heterocycles. The van der Waals surface area contributed by atoms with Crippen molar-refractivity contribution >= 4 is 16.7 Å². The summed E-state index contributed by atoms with van der Waals surface area (Å²) in [6, 6.07) is 16.1. The van der Waals surface area contributed by atoms with Crippen LogP contribution in [0.15, 0.2) is 59.4 Å². The highest BCUT2D eigenvalue weighted by Gasteiger charge is 2.17. The highest BCUT2D eigenvalue weighted by atomic mass is 16.2. The van der Waals surface area contributed by atoms with E-state index in [2.05, 4.69) is 10.4 Å². The zero-order valence-corrected chi connectivity index (χ0v) is 13.0. The highest BCUT2D eigenvalue weighted by Crippen LogP contribution is 2.15. The van der Waals surface area contributed by atoms with Gasteiger partial charge < -0.3 is 5.32 Å². The third-order valence-electron chi connectivity index (χ3n) is 3.44. The van der Waals surface area contributed by atoms with Crippen molar-refractivity contribution in [2.24, 2.45) is 0 Å². The molecule has 3 rings (SSSR count). The molecule has 3 aromatic rings. The highest BCUT2D eigenvalue weighted by molar-refractivity contribution is 6.04. The zero-order chi connectivity index (χ0) is 16.4. The molecule has 116 valence electrons. The molecule has 0 aliphatic heterocycles. The van der Waals surface area contributed by atoms with Gasteiger partial charge in [-0.05, 0) is 32.0 Å². The number of fused-ring (bicyclic) bond motifs is 1. The van der Waals surface area contributed by atoms with Gasteiger partial charge in [-0.25, -0.2) is 0 Å². The third-order valence-corrected chi connectivity index (χ3v) is 3.44. The van der Waals surface area contributed by atoms with Crippen molar-refractivity contribution in [2.75, 3.05) is 0 Å². The Morgan fingerprint density at radius 1 is 1.00 bits per heavy atom. The first kappa shape index (κ1) is 15.0. The number of carbonyl (C=O) groups is 1. The second kappa shape index (κ2) is 6.04. The van der Waals surface area contributed by atoms with E-state index in [9.17, 15) is 9.59 Å². The first-order chi connectivity index (χ1) is 11.1. The van der Waals surface area contributed by atoms with E-state index in [4.69, 9.17) is 0 Å². The van der Waals surface area contributed by atoms with Crippen molar-refractivity contribution in [1.82, 2.24) is 15.1 Å². The van der Waals surface area contributed by atoms with Gasteiger partial charge >= 0.3 is 0 Å². The van der Waals surface area contributed by atoms with Crippen LogP contribution in [0.25, 0.3) is 16.5 Å². The summed E-state index contributed by atoms with van der Waals surface area (Å²) in [6.45, 7) is 3.76. The van der Waals surface area contributed by atoms with Crippen LogP contribution in [0, 0.1) is 0 Å². The van der Waals surface area contributed by atoms with Crippen molar-refractivity contribution in [3.8, 4) is 5.69 Å². The van der Waals surface area contributed by atoms with E-state index in [-0.39, 0.29) is 23.2 Å². The Morgan fingerprint density at radius 2 is 1.61 bits per heavy atom. The summed E-state index contributed by atoms with van der Waals surface area (Å²) in [6.07, 6.45) is 0. The maximum Gasteiger partial charge on any atom is 0.279 e. The number of nitrogens with one attached hydrogen (secondary N) is 1. The Balaban J connectivity index is 2.29. The average molecular weight is 307 g/mol. The number of amides is 1. The summed E-state index contributed by atoms with van der Waals surface area (Å²) in [5, 5.41) is 8.18. The minimum absolute atomic E-state index is 0.0137. The van der Waals surface area contributed by atoms with Crippen LogP contribution in [0.4, 0.5) is 0 Å². The van der Waals surface area contributed by atoms with Crippen LogP contribution in [0.5, 0.6) is 0 Å². The molecule has 1 N–H and O–H groups in total. The second-order valence-corrected chi connectivity index (χ2v) is 5.57. The molecule has 1 amide bonds. The molecule has 0 aliphatic rings. The normalized spacial score (nSPS) is 10.9. The molecule has 0 atom stereocenters. The lowest BCUT2D eigenvalue weighted by molar-refractivity contribution is 0.0938. The van der Waals surface area contributed by atoms with Crippen LogP contribution < -0.4 is 10.9 Å². The molecule has 23 heavy (non-hydrogen) atoms. The van der Waals surface area contributed by atoms with Gasteiger partial charge in [0.15, 0.2) is 5.69 Å². The summed E-state index contributed by atoms with van der Waals surface area (Å²) in [5.74, 6) is -0.291. The maximum atomic E-state index is 12.7. The van der Waals surface area contributed by atoms with Gasteiger partial charge in [-0.1, -0.05) is 36.4 Å². The molecule has 2 aromatic carbocycles. The Kier molecular flexibility index (Phi) is 3.93. The van der Waals surface area contributed by atoms with E-state index in [0.717, 1.165) is 0 Å². The molecule has 0 spiro atoms. The molecule has 0 unspecified atom stereocenters. The van der Waals surface area contributed by atoms with Crippen molar-refractivity contribution in [1.29, 1.82) is 0 Å². The van der Waals surface area contributed by atoms with Gasteiger partial charge in [-0.15, -0.1) is 0 Å². The summed E-state index contributed by atoms with van der Waals surface area (Å²) < 4.78 is 1.28. The zero-order valence-electron chi connectivity index (χ0n) is 13.0. The van der Waals surface area contributed by atoms with Crippen LogP contribution >= 0.6 is 0 Å². The van der Waals surface area contributed by atoms with Crippen molar-refractivity contribution in [2.45, 2.75) is 19.9 Å². The second-order valence-electron chi connectivity index (χ2n) is 5.57. The van der Waals surface area contributed by atoms with Gasteiger partial charge in [0.25, 0.3) is 11.5 Å². The molecule has 0 radical (unpaired) electrons. The van der Waals surface area contributed by atoms with Gasteiger partial charge in [0.05, 0.1) is 11.1 Å². The van der Waals surface area contributed by atoms with Crippen LogP contribution in [0.2, 0.25) is 0 Å². The van der Waals surface area contributed by atoms with Crippen LogP contribution in [0.3, 0.4) is 0 Å². The van der Waals surface area contributed by atoms with Crippen LogP contribution in [0.1, 0.15) is 24.3 Å². The van der Waals surface area contributed by atoms with E-state index in [0.29, 0.717) is 16.5 Å². The fraction of sp³-hybridized carbons (Fsp3) is 0.167. The van der Waals surface area contributed by atoms with E-state index < -0.39 is 0 Å². The van der Waals surface area contributed by atoms with Crippen molar-refractivity contribution in [3.63, 3.8) is 0 Å². The van der Waals surface area contributed by atoms with E-state index in [1.807, 2.05) is 32.0 Å². The summed E-state index contributed by atoms with van der Waals surface area (Å²) in [4.78, 5) is 25.2. The molecular formula is C18H17N3O2. The molecule has 5 nitrogen and oxygen atoms in total. The largest absolute Gasteiger partial charge is 0.348 e. The number of carbonyl (C=O) groups excluding carboxylic acids is 1. The molecular weight excluding hydrogens is 290 g/mol. The number of benzene rings is 2. The minimum Gasteiger partial charge on any atom is -0.348 e. The van der Waals surface area contributed by atoms with E-state index in [1.54, 1.807) is 36.4 Å². The molecule has 0 fully saturated rings. The van der Waals surface area contributed by atoms with Crippen LogP contribution in [-0.4, -0.2) is 21.7 Å². The van der Waals surface area contributed by atoms with Gasteiger partial charge in [0, 0.05) is 11.4 Å². The third kappa shape index (κ3) is 2.85. The van der Waals surface area contributed by atoms with Gasteiger partial charge in [-0.2, -0.15) is 9.78 Å². The molecule has 1 heterocycles. The predicted octanol–water partition coefficient (Wildman–Crippen LogP) is 2.52. The lowest BCUT2D eigenvalue weighted by atomic mass is 10.1. The summed E-state index contributed by atoms with van der Waals surface area (Å²) in [5.41, 5.74) is 0.632. The average Bonchev–Trinajstić information content (AvgIpc) is 2.55. The topological polar surface area (TPSA) is 64.0 Å². The maximum absolute atomic E-state index is 12.7. The first-order valence-corrected chi connectivity index (χ1v) is 7.46. The fourth-order valence-electron chi connectivity index (χ4n) is 2.43. The quantitative estimate of drug-likeness (QED) is 0.808. The molecule has 0 bridgehead atoms.